The number of anilines is 1. The molecular weight excluding hydrogens is 248 g/mol. The van der Waals surface area contributed by atoms with Gasteiger partial charge in [0.05, 0.1) is 16.5 Å². The van der Waals surface area contributed by atoms with Crippen LogP contribution >= 0.6 is 11.6 Å². The third-order valence-electron chi connectivity index (χ3n) is 2.01. The van der Waals surface area contributed by atoms with Crippen LogP contribution in [-0.2, 0) is 10.0 Å². The molecular formula is C10H15ClN2O2S. The number of hydrogen-bond acceptors (Lipinski definition) is 3. The SMILES string of the molecule is Cc1ccc(NS(=O)(=O)CCCN)c(Cl)c1. The normalized spacial score (nSPS) is 11.4. The van der Waals surface area contributed by atoms with E-state index in [4.69, 9.17) is 17.3 Å². The summed E-state index contributed by atoms with van der Waals surface area (Å²) in [5.74, 6) is 0.00764. The summed E-state index contributed by atoms with van der Waals surface area (Å²) >= 11 is 5.92. The molecule has 0 aliphatic rings. The van der Waals surface area contributed by atoms with Crippen molar-refractivity contribution in [2.24, 2.45) is 5.73 Å². The lowest BCUT2D eigenvalue weighted by Crippen LogP contribution is -2.19. The van der Waals surface area contributed by atoms with E-state index < -0.39 is 10.0 Å². The van der Waals surface area contributed by atoms with Crippen molar-refractivity contribution in [3.05, 3.63) is 28.8 Å². The summed E-state index contributed by atoms with van der Waals surface area (Å²) in [6.07, 6.45) is 0.429. The largest absolute Gasteiger partial charge is 0.330 e. The Kier molecular flexibility index (Phi) is 4.58. The van der Waals surface area contributed by atoms with Crippen molar-refractivity contribution in [3.8, 4) is 0 Å². The van der Waals surface area contributed by atoms with Gasteiger partial charge in [0.2, 0.25) is 10.0 Å². The van der Waals surface area contributed by atoms with Crippen LogP contribution in [0.3, 0.4) is 0 Å². The molecule has 16 heavy (non-hydrogen) atoms. The van der Waals surface area contributed by atoms with Gasteiger partial charge >= 0.3 is 0 Å². The molecule has 1 rings (SSSR count). The standard InChI is InChI=1S/C10H15ClN2O2S/c1-8-3-4-10(9(11)7-8)13-16(14,15)6-2-5-12/h3-4,7,13H,2,5-6,12H2,1H3. The van der Waals surface area contributed by atoms with Gasteiger partial charge in [-0.25, -0.2) is 8.42 Å². The Morgan fingerprint density at radius 1 is 1.44 bits per heavy atom. The number of aryl methyl sites for hydroxylation is 1. The smallest absolute Gasteiger partial charge is 0.232 e. The van der Waals surface area contributed by atoms with Gasteiger partial charge < -0.3 is 5.73 Å². The van der Waals surface area contributed by atoms with Crippen LogP contribution in [-0.4, -0.2) is 20.7 Å². The lowest BCUT2D eigenvalue weighted by molar-refractivity contribution is 0.599. The lowest BCUT2D eigenvalue weighted by Gasteiger charge is -2.09. The molecule has 0 unspecified atom stereocenters. The Labute approximate surface area is 101 Å². The summed E-state index contributed by atoms with van der Waals surface area (Å²) in [5.41, 5.74) is 6.65. The molecule has 1 aromatic carbocycles. The Morgan fingerprint density at radius 3 is 2.69 bits per heavy atom. The van der Waals surface area contributed by atoms with E-state index >= 15 is 0 Å². The van der Waals surface area contributed by atoms with Gasteiger partial charge in [-0.05, 0) is 37.6 Å². The highest BCUT2D eigenvalue weighted by atomic mass is 35.5. The van der Waals surface area contributed by atoms with E-state index in [9.17, 15) is 8.42 Å². The van der Waals surface area contributed by atoms with Crippen LogP contribution in [0.4, 0.5) is 5.69 Å². The number of halogens is 1. The molecule has 1 aromatic rings. The maximum atomic E-state index is 11.6. The predicted molar refractivity (Wildman–Crippen MR) is 67.3 cm³/mol. The zero-order valence-electron chi connectivity index (χ0n) is 9.03. The van der Waals surface area contributed by atoms with Crippen LogP contribution in [0.25, 0.3) is 0 Å². The van der Waals surface area contributed by atoms with E-state index in [1.54, 1.807) is 18.2 Å². The van der Waals surface area contributed by atoms with Gasteiger partial charge in [-0.1, -0.05) is 17.7 Å². The van der Waals surface area contributed by atoms with E-state index in [0.29, 0.717) is 23.7 Å². The van der Waals surface area contributed by atoms with Crippen molar-refractivity contribution in [2.45, 2.75) is 13.3 Å². The topological polar surface area (TPSA) is 72.2 Å². The van der Waals surface area contributed by atoms with Crippen LogP contribution in [0.15, 0.2) is 18.2 Å². The van der Waals surface area contributed by atoms with E-state index in [1.165, 1.54) is 0 Å². The van der Waals surface area contributed by atoms with E-state index in [2.05, 4.69) is 4.72 Å². The molecule has 0 aliphatic carbocycles. The van der Waals surface area contributed by atoms with Gasteiger partial charge in [-0.2, -0.15) is 0 Å². The minimum Gasteiger partial charge on any atom is -0.330 e. The molecule has 6 heteroatoms. The van der Waals surface area contributed by atoms with Gasteiger partial charge in [0.1, 0.15) is 0 Å². The van der Waals surface area contributed by atoms with Crippen LogP contribution in [0, 0.1) is 6.92 Å². The molecule has 0 bridgehead atoms. The van der Waals surface area contributed by atoms with E-state index in [-0.39, 0.29) is 5.75 Å². The molecule has 4 nitrogen and oxygen atoms in total. The van der Waals surface area contributed by atoms with Crippen molar-refractivity contribution in [1.29, 1.82) is 0 Å². The highest BCUT2D eigenvalue weighted by Crippen LogP contribution is 2.23. The van der Waals surface area contributed by atoms with Gasteiger partial charge in [-0.15, -0.1) is 0 Å². The van der Waals surface area contributed by atoms with Crippen LogP contribution in [0.5, 0.6) is 0 Å². The fourth-order valence-corrected chi connectivity index (χ4v) is 2.70. The van der Waals surface area contributed by atoms with Crippen molar-refractivity contribution in [1.82, 2.24) is 0 Å². The highest BCUT2D eigenvalue weighted by molar-refractivity contribution is 7.92. The molecule has 0 saturated heterocycles. The number of nitrogens with two attached hydrogens (primary N) is 1. The summed E-state index contributed by atoms with van der Waals surface area (Å²) in [6, 6.07) is 5.16. The van der Waals surface area contributed by atoms with Gasteiger partial charge in [-0.3, -0.25) is 4.72 Å². The van der Waals surface area contributed by atoms with Crippen molar-refractivity contribution >= 4 is 27.3 Å². The molecule has 0 atom stereocenters. The van der Waals surface area contributed by atoms with Crippen LogP contribution in [0.1, 0.15) is 12.0 Å². The van der Waals surface area contributed by atoms with Gasteiger partial charge in [0.25, 0.3) is 0 Å². The van der Waals surface area contributed by atoms with Crippen molar-refractivity contribution in [3.63, 3.8) is 0 Å². The summed E-state index contributed by atoms with van der Waals surface area (Å²) < 4.78 is 25.6. The fourth-order valence-electron chi connectivity index (χ4n) is 1.19. The molecule has 0 radical (unpaired) electrons. The molecule has 90 valence electrons. The van der Waals surface area contributed by atoms with Crippen LogP contribution < -0.4 is 10.5 Å². The monoisotopic (exact) mass is 262 g/mol. The molecule has 0 amide bonds. The number of nitrogens with one attached hydrogen (secondary N) is 1. The van der Waals surface area contributed by atoms with E-state index in [0.717, 1.165) is 5.56 Å². The van der Waals surface area contributed by atoms with Crippen molar-refractivity contribution < 1.29 is 8.42 Å². The first-order valence-electron chi connectivity index (χ1n) is 4.91. The Balaban J connectivity index is 2.80. The summed E-state index contributed by atoms with van der Waals surface area (Å²) in [7, 11) is -3.35. The number of rotatable bonds is 5. The minimum atomic E-state index is -3.35. The second-order valence-corrected chi connectivity index (χ2v) is 5.80. The second kappa shape index (κ2) is 5.52. The average Bonchev–Trinajstić information content (AvgIpc) is 2.19. The molecule has 0 aromatic heterocycles. The molecule has 0 fully saturated rings. The summed E-state index contributed by atoms with van der Waals surface area (Å²) in [4.78, 5) is 0. The average molecular weight is 263 g/mol. The molecule has 0 heterocycles. The third-order valence-corrected chi connectivity index (χ3v) is 3.68. The second-order valence-electron chi connectivity index (χ2n) is 3.55. The number of hydrogen-bond donors (Lipinski definition) is 2. The number of sulfonamides is 1. The Morgan fingerprint density at radius 2 is 2.12 bits per heavy atom. The van der Waals surface area contributed by atoms with Crippen LogP contribution in [0.2, 0.25) is 5.02 Å². The maximum absolute atomic E-state index is 11.6. The molecule has 0 spiro atoms. The lowest BCUT2D eigenvalue weighted by atomic mass is 10.2. The first-order valence-corrected chi connectivity index (χ1v) is 6.94. The third kappa shape index (κ3) is 4.00. The first kappa shape index (κ1) is 13.3. The highest BCUT2D eigenvalue weighted by Gasteiger charge is 2.11. The quantitative estimate of drug-likeness (QED) is 0.849. The van der Waals surface area contributed by atoms with E-state index in [1.807, 2.05) is 6.92 Å². The predicted octanol–water partition coefficient (Wildman–Crippen LogP) is 1.74. The molecule has 3 N–H and O–H groups in total. The first-order chi connectivity index (χ1) is 7.44. The summed E-state index contributed by atoms with van der Waals surface area (Å²) in [6.45, 7) is 2.24. The zero-order valence-corrected chi connectivity index (χ0v) is 10.6. The zero-order chi connectivity index (χ0) is 12.2. The van der Waals surface area contributed by atoms with Crippen molar-refractivity contribution in [2.75, 3.05) is 17.0 Å². The minimum absolute atomic E-state index is 0.00764. The summed E-state index contributed by atoms with van der Waals surface area (Å²) in [5, 5.41) is 0.399. The molecule has 0 saturated carbocycles. The fraction of sp³-hybridized carbons (Fsp3) is 0.400. The number of benzene rings is 1. The Hall–Kier alpha value is -0.780. The Bertz CT molecular complexity index is 460. The maximum Gasteiger partial charge on any atom is 0.232 e. The van der Waals surface area contributed by atoms with Gasteiger partial charge in [0, 0.05) is 0 Å². The molecule has 0 aliphatic heterocycles. The van der Waals surface area contributed by atoms with Gasteiger partial charge in [0.15, 0.2) is 0 Å².